The van der Waals surface area contributed by atoms with Crippen molar-refractivity contribution >= 4 is 33.5 Å². The number of carbonyl (C=O) groups is 2. The van der Waals surface area contributed by atoms with Crippen LogP contribution in [0.15, 0.2) is 24.3 Å². The van der Waals surface area contributed by atoms with Crippen LogP contribution in [0, 0.1) is 5.92 Å². The Bertz CT molecular complexity index is 822. The lowest BCUT2D eigenvalue weighted by atomic mass is 9.90. The maximum Gasteiger partial charge on any atom is 0.282 e. The zero-order valence-corrected chi connectivity index (χ0v) is 17.0. The fraction of sp³-hybridized carbons (Fsp3) is 0.556. The van der Waals surface area contributed by atoms with Crippen LogP contribution >= 0.6 is 11.6 Å². The first-order valence-corrected chi connectivity index (χ1v) is 11.1. The van der Waals surface area contributed by atoms with Gasteiger partial charge in [-0.25, -0.2) is 5.48 Å². The van der Waals surface area contributed by atoms with Crippen LogP contribution in [0.25, 0.3) is 0 Å². The molecule has 1 atom stereocenters. The van der Waals surface area contributed by atoms with Gasteiger partial charge in [0.25, 0.3) is 16.1 Å². The predicted octanol–water partition coefficient (Wildman–Crippen LogP) is 1.84. The first kappa shape index (κ1) is 21.2. The van der Waals surface area contributed by atoms with Crippen LogP contribution in [0.4, 0.5) is 0 Å². The number of amides is 1. The molecule has 1 aromatic rings. The molecule has 0 unspecified atom stereocenters. The highest BCUT2D eigenvalue weighted by atomic mass is 35.5. The molecule has 0 spiro atoms. The van der Waals surface area contributed by atoms with Crippen molar-refractivity contribution in [2.24, 2.45) is 5.92 Å². The van der Waals surface area contributed by atoms with Crippen molar-refractivity contribution in [2.45, 2.75) is 38.1 Å². The summed E-state index contributed by atoms with van der Waals surface area (Å²) in [7, 11) is -3.84. The van der Waals surface area contributed by atoms with Gasteiger partial charge in [-0.3, -0.25) is 14.8 Å². The van der Waals surface area contributed by atoms with E-state index in [1.165, 1.54) is 8.61 Å². The Kier molecular flexibility index (Phi) is 6.72. The number of halogens is 1. The van der Waals surface area contributed by atoms with Crippen LogP contribution in [0.5, 0.6) is 0 Å². The van der Waals surface area contributed by atoms with Crippen molar-refractivity contribution < 1.29 is 23.2 Å². The summed E-state index contributed by atoms with van der Waals surface area (Å²) in [5, 5.41) is 9.48. The second-order valence-electron chi connectivity index (χ2n) is 7.15. The molecular formula is C18H24ClN3O5S. The van der Waals surface area contributed by atoms with E-state index in [0.29, 0.717) is 36.3 Å². The minimum atomic E-state index is -3.84. The van der Waals surface area contributed by atoms with Crippen LogP contribution in [0.1, 0.15) is 42.5 Å². The van der Waals surface area contributed by atoms with Gasteiger partial charge in [-0.1, -0.05) is 18.0 Å². The predicted molar refractivity (Wildman–Crippen MR) is 103 cm³/mol. The Balaban J connectivity index is 1.66. The monoisotopic (exact) mass is 429 g/mol. The molecule has 0 aliphatic carbocycles. The summed E-state index contributed by atoms with van der Waals surface area (Å²) in [6.45, 7) is 0.677. The molecule has 2 aliphatic rings. The molecule has 2 aliphatic heterocycles. The van der Waals surface area contributed by atoms with Crippen LogP contribution in [0.2, 0.25) is 5.02 Å². The molecule has 1 aromatic carbocycles. The van der Waals surface area contributed by atoms with Gasteiger partial charge in [-0.15, -0.1) is 0 Å². The summed E-state index contributed by atoms with van der Waals surface area (Å²) in [4.78, 5) is 24.5. The third kappa shape index (κ3) is 4.38. The molecule has 8 nitrogen and oxygen atoms in total. The molecule has 2 N–H and O–H groups in total. The number of nitrogens with zero attached hydrogens (tertiary/aromatic N) is 2. The number of ketones is 1. The minimum Gasteiger partial charge on any atom is -0.294 e. The Morgan fingerprint density at radius 1 is 1.04 bits per heavy atom. The quantitative estimate of drug-likeness (QED) is 0.422. The number of hydrogen-bond donors (Lipinski definition) is 2. The van der Waals surface area contributed by atoms with Gasteiger partial charge < -0.3 is 0 Å². The Labute approximate surface area is 169 Å². The minimum absolute atomic E-state index is 0.00998. The number of rotatable bonds is 5. The molecule has 0 bridgehead atoms. The summed E-state index contributed by atoms with van der Waals surface area (Å²) in [5.41, 5.74) is 2.14. The highest BCUT2D eigenvalue weighted by Crippen LogP contribution is 2.28. The third-order valence-corrected chi connectivity index (χ3v) is 7.74. The standard InChI is InChI=1S/C18H24ClN3O5S/c19-15-6-4-13(5-7-15)17(23)14-8-11-21(12-9-14)28(26,27)22-10-2-1-3-16(22)18(24)20-25/h4-7,14,16,25H,1-3,8-12H2,(H,20,24)/t16-/m1/s1. The maximum absolute atomic E-state index is 13.0. The van der Waals surface area contributed by atoms with Crippen LogP contribution < -0.4 is 5.48 Å². The topological polar surface area (TPSA) is 107 Å². The molecular weight excluding hydrogens is 406 g/mol. The molecule has 0 radical (unpaired) electrons. The van der Waals surface area contributed by atoms with Gasteiger partial charge in [0.15, 0.2) is 5.78 Å². The SMILES string of the molecule is O=C(c1ccc(Cl)cc1)C1CCN(S(=O)(=O)N2CCCC[C@@H]2C(=O)NO)CC1. The molecule has 1 amide bonds. The van der Waals surface area contributed by atoms with Gasteiger partial charge in [-0.05, 0) is 49.9 Å². The fourth-order valence-corrected chi connectivity index (χ4v) is 5.84. The number of nitrogens with one attached hydrogen (secondary N) is 1. The lowest BCUT2D eigenvalue weighted by molar-refractivity contribution is -0.134. The van der Waals surface area contributed by atoms with Crippen molar-refractivity contribution in [1.82, 2.24) is 14.1 Å². The van der Waals surface area contributed by atoms with E-state index in [1.807, 2.05) is 0 Å². The number of Topliss-reactive ketones (excluding diaryl/α,β-unsaturated/α-hetero) is 1. The molecule has 154 valence electrons. The van der Waals surface area contributed by atoms with Crippen molar-refractivity contribution in [2.75, 3.05) is 19.6 Å². The van der Waals surface area contributed by atoms with Crippen LogP contribution in [-0.4, -0.2) is 59.6 Å². The summed E-state index contributed by atoms with van der Waals surface area (Å²) in [5.74, 6) is -0.967. The first-order chi connectivity index (χ1) is 13.3. The van der Waals surface area contributed by atoms with Crippen LogP contribution in [0.3, 0.4) is 0 Å². The highest BCUT2D eigenvalue weighted by molar-refractivity contribution is 7.86. The van der Waals surface area contributed by atoms with Crippen molar-refractivity contribution in [3.05, 3.63) is 34.9 Å². The van der Waals surface area contributed by atoms with Gasteiger partial charge in [-0.2, -0.15) is 17.0 Å². The Morgan fingerprint density at radius 3 is 2.29 bits per heavy atom. The van der Waals surface area contributed by atoms with E-state index < -0.39 is 22.2 Å². The smallest absolute Gasteiger partial charge is 0.282 e. The van der Waals surface area contributed by atoms with Gasteiger partial charge in [0.05, 0.1) is 0 Å². The number of piperidine rings is 2. The number of carbonyl (C=O) groups excluding carboxylic acids is 2. The first-order valence-electron chi connectivity index (χ1n) is 9.35. The Morgan fingerprint density at radius 2 is 1.68 bits per heavy atom. The molecule has 2 heterocycles. The Hall–Kier alpha value is -1.52. The molecule has 28 heavy (non-hydrogen) atoms. The second-order valence-corrected chi connectivity index (χ2v) is 9.47. The lowest BCUT2D eigenvalue weighted by Gasteiger charge is -2.39. The van der Waals surface area contributed by atoms with E-state index >= 15 is 0 Å². The van der Waals surface area contributed by atoms with E-state index in [0.717, 1.165) is 6.42 Å². The van der Waals surface area contributed by atoms with Crippen molar-refractivity contribution in [3.8, 4) is 0 Å². The molecule has 0 saturated carbocycles. The molecule has 10 heteroatoms. The number of hydroxylamine groups is 1. The van der Waals surface area contributed by atoms with E-state index in [1.54, 1.807) is 29.7 Å². The fourth-order valence-electron chi connectivity index (χ4n) is 3.86. The molecule has 2 fully saturated rings. The lowest BCUT2D eigenvalue weighted by Crippen LogP contribution is -2.56. The second kappa shape index (κ2) is 8.87. The molecule has 0 aromatic heterocycles. The average molecular weight is 430 g/mol. The zero-order chi connectivity index (χ0) is 20.3. The summed E-state index contributed by atoms with van der Waals surface area (Å²) < 4.78 is 28.6. The highest BCUT2D eigenvalue weighted by Gasteiger charge is 2.41. The molecule has 2 saturated heterocycles. The van der Waals surface area contributed by atoms with E-state index in [9.17, 15) is 18.0 Å². The van der Waals surface area contributed by atoms with Crippen LogP contribution in [-0.2, 0) is 15.0 Å². The van der Waals surface area contributed by atoms with E-state index in [-0.39, 0.29) is 31.3 Å². The average Bonchev–Trinajstić information content (AvgIpc) is 2.73. The van der Waals surface area contributed by atoms with Gasteiger partial charge in [0, 0.05) is 36.1 Å². The normalized spacial score (nSPS) is 22.7. The van der Waals surface area contributed by atoms with Crippen molar-refractivity contribution in [3.63, 3.8) is 0 Å². The van der Waals surface area contributed by atoms with E-state index in [4.69, 9.17) is 16.8 Å². The molecule has 3 rings (SSSR count). The maximum atomic E-state index is 13.0. The number of hydrogen-bond acceptors (Lipinski definition) is 5. The van der Waals surface area contributed by atoms with Crippen molar-refractivity contribution in [1.29, 1.82) is 0 Å². The summed E-state index contributed by atoms with van der Waals surface area (Å²) in [6, 6.07) is 5.78. The largest absolute Gasteiger partial charge is 0.294 e. The third-order valence-electron chi connectivity index (χ3n) is 5.44. The van der Waals surface area contributed by atoms with E-state index in [2.05, 4.69) is 0 Å². The number of benzene rings is 1. The van der Waals surface area contributed by atoms with Gasteiger partial charge in [0.1, 0.15) is 6.04 Å². The zero-order valence-electron chi connectivity index (χ0n) is 15.4. The summed E-state index contributed by atoms with van der Waals surface area (Å²) in [6.07, 6.45) is 2.61. The van der Waals surface area contributed by atoms with Gasteiger partial charge >= 0.3 is 0 Å². The van der Waals surface area contributed by atoms with Gasteiger partial charge in [0.2, 0.25) is 0 Å². The summed E-state index contributed by atoms with van der Waals surface area (Å²) >= 11 is 5.86.